The summed E-state index contributed by atoms with van der Waals surface area (Å²) in [7, 11) is 0. The highest BCUT2D eigenvalue weighted by atomic mass is 16.2. The maximum Gasteiger partial charge on any atom is 0.246 e. The summed E-state index contributed by atoms with van der Waals surface area (Å²) < 4.78 is 0. The first-order valence-corrected chi connectivity index (χ1v) is 6.49. The van der Waals surface area contributed by atoms with Crippen molar-refractivity contribution < 1.29 is 14.4 Å². The summed E-state index contributed by atoms with van der Waals surface area (Å²) >= 11 is 0. The second-order valence-electron chi connectivity index (χ2n) is 6.23. The minimum absolute atomic E-state index is 0.0540. The quantitative estimate of drug-likeness (QED) is 0.696. The SMILES string of the molecule is CC1CCN(C(=O)C(NC=O)C(C)(C)C)C1C(N)=O. The molecular formula is C13H23N3O3. The Morgan fingerprint density at radius 3 is 2.42 bits per heavy atom. The van der Waals surface area contributed by atoms with E-state index in [-0.39, 0.29) is 11.8 Å². The fourth-order valence-corrected chi connectivity index (χ4v) is 2.55. The van der Waals surface area contributed by atoms with E-state index in [1.807, 2.05) is 27.7 Å². The first-order chi connectivity index (χ1) is 8.70. The Balaban J connectivity index is 2.97. The summed E-state index contributed by atoms with van der Waals surface area (Å²) in [5, 5.41) is 2.55. The van der Waals surface area contributed by atoms with Crippen LogP contribution in [0.4, 0.5) is 0 Å². The van der Waals surface area contributed by atoms with Crippen molar-refractivity contribution in [1.82, 2.24) is 10.2 Å². The third kappa shape index (κ3) is 3.24. The fourth-order valence-electron chi connectivity index (χ4n) is 2.55. The Hall–Kier alpha value is -1.59. The summed E-state index contributed by atoms with van der Waals surface area (Å²) in [6.07, 6.45) is 1.27. The van der Waals surface area contributed by atoms with Gasteiger partial charge >= 0.3 is 0 Å². The van der Waals surface area contributed by atoms with E-state index in [4.69, 9.17) is 5.73 Å². The first kappa shape index (κ1) is 15.5. The number of hydrogen-bond acceptors (Lipinski definition) is 3. The number of nitrogens with zero attached hydrogens (tertiary/aromatic N) is 1. The van der Waals surface area contributed by atoms with Crippen molar-refractivity contribution in [2.75, 3.05) is 6.54 Å². The highest BCUT2D eigenvalue weighted by molar-refractivity contribution is 5.91. The average molecular weight is 269 g/mol. The van der Waals surface area contributed by atoms with Crippen LogP contribution in [0.2, 0.25) is 0 Å². The molecule has 1 aliphatic rings. The molecule has 3 unspecified atom stereocenters. The molecule has 3 atom stereocenters. The van der Waals surface area contributed by atoms with Crippen molar-refractivity contribution >= 4 is 18.2 Å². The molecule has 0 bridgehead atoms. The van der Waals surface area contributed by atoms with E-state index in [9.17, 15) is 14.4 Å². The van der Waals surface area contributed by atoms with E-state index in [0.29, 0.717) is 13.0 Å². The molecule has 1 saturated heterocycles. The summed E-state index contributed by atoms with van der Waals surface area (Å²) in [4.78, 5) is 36.2. The van der Waals surface area contributed by atoms with E-state index >= 15 is 0 Å². The van der Waals surface area contributed by atoms with Crippen LogP contribution in [0.1, 0.15) is 34.1 Å². The Kier molecular flexibility index (Phi) is 4.55. The monoisotopic (exact) mass is 269 g/mol. The molecule has 0 aromatic carbocycles. The number of hydrogen-bond donors (Lipinski definition) is 2. The molecule has 3 N–H and O–H groups in total. The number of likely N-dealkylation sites (tertiary alicyclic amines) is 1. The molecule has 3 amide bonds. The molecule has 108 valence electrons. The Morgan fingerprint density at radius 2 is 2.00 bits per heavy atom. The van der Waals surface area contributed by atoms with E-state index in [2.05, 4.69) is 5.32 Å². The first-order valence-electron chi connectivity index (χ1n) is 6.49. The van der Waals surface area contributed by atoms with Gasteiger partial charge in [-0.2, -0.15) is 0 Å². The van der Waals surface area contributed by atoms with Gasteiger partial charge in [-0.3, -0.25) is 14.4 Å². The number of amides is 3. The number of carbonyl (C=O) groups is 3. The van der Waals surface area contributed by atoms with Gasteiger partial charge in [-0.1, -0.05) is 27.7 Å². The van der Waals surface area contributed by atoms with Crippen molar-refractivity contribution in [3.63, 3.8) is 0 Å². The van der Waals surface area contributed by atoms with Crippen molar-refractivity contribution in [1.29, 1.82) is 0 Å². The van der Waals surface area contributed by atoms with Crippen LogP contribution < -0.4 is 11.1 Å². The van der Waals surface area contributed by atoms with Crippen LogP contribution in [-0.2, 0) is 14.4 Å². The van der Waals surface area contributed by atoms with Crippen molar-refractivity contribution in [3.05, 3.63) is 0 Å². The smallest absolute Gasteiger partial charge is 0.246 e. The maximum atomic E-state index is 12.5. The third-order valence-corrected chi connectivity index (χ3v) is 3.62. The summed E-state index contributed by atoms with van der Waals surface area (Å²) in [6, 6.07) is -1.23. The van der Waals surface area contributed by atoms with Gasteiger partial charge in [-0.15, -0.1) is 0 Å². The molecule has 1 heterocycles. The van der Waals surface area contributed by atoms with Gasteiger partial charge in [-0.05, 0) is 17.8 Å². The van der Waals surface area contributed by atoms with Crippen LogP contribution >= 0.6 is 0 Å². The molecule has 19 heavy (non-hydrogen) atoms. The molecule has 0 saturated carbocycles. The average Bonchev–Trinajstić information content (AvgIpc) is 2.65. The third-order valence-electron chi connectivity index (χ3n) is 3.62. The second-order valence-corrected chi connectivity index (χ2v) is 6.23. The Bertz CT molecular complexity index is 376. The summed E-state index contributed by atoms with van der Waals surface area (Å²) in [5.41, 5.74) is 4.95. The molecule has 0 aliphatic carbocycles. The molecule has 6 heteroatoms. The van der Waals surface area contributed by atoms with Gasteiger partial charge in [-0.25, -0.2) is 0 Å². The molecule has 0 spiro atoms. The predicted octanol–water partition coefficient (Wildman–Crippen LogP) is -0.131. The van der Waals surface area contributed by atoms with E-state index in [1.165, 1.54) is 4.90 Å². The number of carbonyl (C=O) groups excluding carboxylic acids is 3. The molecule has 1 rings (SSSR count). The van der Waals surface area contributed by atoms with E-state index in [1.54, 1.807) is 0 Å². The van der Waals surface area contributed by atoms with Crippen LogP contribution in [0, 0.1) is 11.3 Å². The maximum absolute atomic E-state index is 12.5. The fraction of sp³-hybridized carbons (Fsp3) is 0.769. The number of nitrogens with one attached hydrogen (secondary N) is 1. The molecule has 1 fully saturated rings. The van der Waals surface area contributed by atoms with Crippen LogP contribution in [0.3, 0.4) is 0 Å². The largest absolute Gasteiger partial charge is 0.368 e. The zero-order chi connectivity index (χ0) is 14.8. The van der Waals surface area contributed by atoms with Crippen molar-refractivity contribution in [3.8, 4) is 0 Å². The molecular weight excluding hydrogens is 246 g/mol. The zero-order valence-electron chi connectivity index (χ0n) is 12.0. The van der Waals surface area contributed by atoms with Gasteiger partial charge in [0.25, 0.3) is 0 Å². The van der Waals surface area contributed by atoms with Gasteiger partial charge in [0.1, 0.15) is 12.1 Å². The predicted molar refractivity (Wildman–Crippen MR) is 70.9 cm³/mol. The number of nitrogens with two attached hydrogens (primary N) is 1. The van der Waals surface area contributed by atoms with Gasteiger partial charge in [0.15, 0.2) is 0 Å². The number of rotatable bonds is 4. The zero-order valence-corrected chi connectivity index (χ0v) is 12.0. The molecule has 0 radical (unpaired) electrons. The van der Waals surface area contributed by atoms with Gasteiger partial charge in [0.05, 0.1) is 0 Å². The van der Waals surface area contributed by atoms with Crippen molar-refractivity contribution in [2.45, 2.75) is 46.2 Å². The Morgan fingerprint density at radius 1 is 1.42 bits per heavy atom. The normalized spacial score (nSPS) is 24.9. The van der Waals surface area contributed by atoms with Crippen LogP contribution in [0.5, 0.6) is 0 Å². The lowest BCUT2D eigenvalue weighted by atomic mass is 9.85. The molecule has 1 aliphatic heterocycles. The van der Waals surface area contributed by atoms with Gasteiger partial charge in [0.2, 0.25) is 18.2 Å². The van der Waals surface area contributed by atoms with Crippen LogP contribution in [-0.4, -0.2) is 41.8 Å². The lowest BCUT2D eigenvalue weighted by molar-refractivity contribution is -0.142. The molecule has 0 aromatic rings. The highest BCUT2D eigenvalue weighted by Crippen LogP contribution is 2.28. The standard InChI is InChI=1S/C13H23N3O3/c1-8-5-6-16(9(8)11(14)18)12(19)10(15-7-17)13(2,3)4/h7-10H,5-6H2,1-4H3,(H2,14,18)(H,15,17). The minimum Gasteiger partial charge on any atom is -0.368 e. The van der Waals surface area contributed by atoms with Crippen LogP contribution in [0.25, 0.3) is 0 Å². The molecule has 0 aromatic heterocycles. The van der Waals surface area contributed by atoms with Crippen molar-refractivity contribution in [2.24, 2.45) is 17.1 Å². The van der Waals surface area contributed by atoms with Gasteiger partial charge < -0.3 is 16.0 Å². The lowest BCUT2D eigenvalue weighted by Gasteiger charge is -2.34. The van der Waals surface area contributed by atoms with Gasteiger partial charge in [0, 0.05) is 6.54 Å². The van der Waals surface area contributed by atoms with E-state index in [0.717, 1.165) is 6.42 Å². The lowest BCUT2D eigenvalue weighted by Crippen LogP contribution is -2.56. The second kappa shape index (κ2) is 5.59. The minimum atomic E-state index is -0.655. The summed E-state index contributed by atoms with van der Waals surface area (Å²) in [5.74, 6) is -0.678. The summed E-state index contributed by atoms with van der Waals surface area (Å²) in [6.45, 7) is 8.00. The van der Waals surface area contributed by atoms with Crippen LogP contribution in [0.15, 0.2) is 0 Å². The molecule has 6 nitrogen and oxygen atoms in total. The number of primary amides is 1. The Labute approximate surface area is 113 Å². The highest BCUT2D eigenvalue weighted by Gasteiger charge is 2.43. The topological polar surface area (TPSA) is 92.5 Å². The van der Waals surface area contributed by atoms with E-state index < -0.39 is 23.4 Å².